The topological polar surface area (TPSA) is 39.2 Å². The first-order valence-electron chi connectivity index (χ1n) is 4.21. The van der Waals surface area contributed by atoms with E-state index in [4.69, 9.17) is 4.74 Å². The summed E-state index contributed by atoms with van der Waals surface area (Å²) in [6.45, 7) is 1.91. The molecule has 0 aliphatic rings. The fraction of sp³-hybridized carbons (Fsp3) is 0.400. The largest absolute Gasteiger partial charge is 0.481 e. The molecule has 1 aromatic heterocycles. The third-order valence-electron chi connectivity index (χ3n) is 1.75. The van der Waals surface area contributed by atoms with Gasteiger partial charge in [0, 0.05) is 18.2 Å². The number of aromatic nitrogens is 1. The van der Waals surface area contributed by atoms with Crippen LogP contribution in [0.25, 0.3) is 0 Å². The molecule has 0 fully saturated rings. The number of pyridine rings is 1. The Bertz CT molecular complexity index is 297. The number of hydrogen-bond acceptors (Lipinski definition) is 3. The Morgan fingerprint density at radius 3 is 2.92 bits per heavy atom. The van der Waals surface area contributed by atoms with Crippen molar-refractivity contribution in [2.24, 2.45) is 0 Å². The molecule has 1 aromatic rings. The Kier molecular flexibility index (Phi) is 3.43. The molecule has 0 radical (unpaired) electrons. The molecule has 1 rings (SSSR count). The van der Waals surface area contributed by atoms with Gasteiger partial charge in [-0.3, -0.25) is 0 Å². The van der Waals surface area contributed by atoms with Gasteiger partial charge in [-0.1, -0.05) is 0 Å². The first-order valence-corrected chi connectivity index (χ1v) is 4.21. The van der Waals surface area contributed by atoms with Crippen molar-refractivity contribution in [2.75, 3.05) is 7.11 Å². The molecule has 0 amide bonds. The Hall–Kier alpha value is -1.38. The van der Waals surface area contributed by atoms with Crippen molar-refractivity contribution < 1.29 is 9.53 Å². The summed E-state index contributed by atoms with van der Waals surface area (Å²) in [5.74, 6) is 0.612. The van der Waals surface area contributed by atoms with Gasteiger partial charge in [0.15, 0.2) is 0 Å². The quantitative estimate of drug-likeness (QED) is 0.658. The van der Waals surface area contributed by atoms with Crippen LogP contribution in [0.5, 0.6) is 5.88 Å². The first-order chi connectivity index (χ1) is 6.26. The highest BCUT2D eigenvalue weighted by Crippen LogP contribution is 2.12. The van der Waals surface area contributed by atoms with Crippen LogP contribution in [-0.4, -0.2) is 18.4 Å². The van der Waals surface area contributed by atoms with Gasteiger partial charge in [-0.25, -0.2) is 4.98 Å². The van der Waals surface area contributed by atoms with Gasteiger partial charge in [-0.2, -0.15) is 0 Å². The zero-order chi connectivity index (χ0) is 9.68. The Labute approximate surface area is 77.8 Å². The maximum absolute atomic E-state index is 10.2. The van der Waals surface area contributed by atoms with E-state index in [1.54, 1.807) is 7.11 Å². The second-order valence-corrected chi connectivity index (χ2v) is 2.86. The monoisotopic (exact) mass is 179 g/mol. The van der Waals surface area contributed by atoms with Crippen molar-refractivity contribution in [3.63, 3.8) is 0 Å². The highest BCUT2D eigenvalue weighted by atomic mass is 16.5. The van der Waals surface area contributed by atoms with Crippen molar-refractivity contribution in [3.8, 4) is 5.88 Å². The minimum absolute atomic E-state index is 0.548. The molecule has 3 nitrogen and oxygen atoms in total. The van der Waals surface area contributed by atoms with Crippen LogP contribution < -0.4 is 4.74 Å². The van der Waals surface area contributed by atoms with Gasteiger partial charge in [-0.05, 0) is 25.0 Å². The molecule has 0 saturated carbocycles. The molecule has 0 spiro atoms. The minimum Gasteiger partial charge on any atom is -0.481 e. The first kappa shape index (κ1) is 9.71. The predicted octanol–water partition coefficient (Wildman–Crippen LogP) is 1.53. The lowest BCUT2D eigenvalue weighted by Gasteiger charge is -2.03. The lowest BCUT2D eigenvalue weighted by molar-refractivity contribution is -0.107. The van der Waals surface area contributed by atoms with Crippen molar-refractivity contribution >= 4 is 6.29 Å². The van der Waals surface area contributed by atoms with Crippen LogP contribution >= 0.6 is 0 Å². The molecule has 3 heteroatoms. The molecule has 13 heavy (non-hydrogen) atoms. The van der Waals surface area contributed by atoms with Crippen molar-refractivity contribution in [1.82, 2.24) is 4.98 Å². The van der Waals surface area contributed by atoms with Gasteiger partial charge in [0.25, 0.3) is 0 Å². The number of hydrogen-bond donors (Lipinski definition) is 0. The van der Waals surface area contributed by atoms with Gasteiger partial charge < -0.3 is 9.53 Å². The lowest BCUT2D eigenvalue weighted by Crippen LogP contribution is -1.94. The maximum atomic E-state index is 10.2. The predicted molar refractivity (Wildman–Crippen MR) is 49.9 cm³/mol. The average molecular weight is 179 g/mol. The van der Waals surface area contributed by atoms with E-state index in [0.29, 0.717) is 12.3 Å². The number of ether oxygens (including phenoxy) is 1. The standard InChI is InChI=1S/C10H13NO2/c1-8-6-9(4-3-5-12)7-10(11-8)13-2/h5-7H,3-4H2,1-2H3. The van der Waals surface area contributed by atoms with E-state index in [2.05, 4.69) is 4.98 Å². The number of aldehydes is 1. The van der Waals surface area contributed by atoms with Crippen LogP contribution in [0.15, 0.2) is 12.1 Å². The van der Waals surface area contributed by atoms with E-state index >= 15 is 0 Å². The summed E-state index contributed by atoms with van der Waals surface area (Å²) in [4.78, 5) is 14.3. The Morgan fingerprint density at radius 1 is 1.54 bits per heavy atom. The van der Waals surface area contributed by atoms with Crippen molar-refractivity contribution in [3.05, 3.63) is 23.4 Å². The van der Waals surface area contributed by atoms with Crippen molar-refractivity contribution in [1.29, 1.82) is 0 Å². The highest BCUT2D eigenvalue weighted by molar-refractivity contribution is 5.50. The molecule has 0 N–H and O–H groups in total. The van der Waals surface area contributed by atoms with Gasteiger partial charge in [0.2, 0.25) is 5.88 Å². The lowest BCUT2D eigenvalue weighted by atomic mass is 10.1. The van der Waals surface area contributed by atoms with E-state index in [0.717, 1.165) is 24.0 Å². The summed E-state index contributed by atoms with van der Waals surface area (Å²) in [5, 5.41) is 0. The SMILES string of the molecule is COc1cc(CCC=O)cc(C)n1. The Balaban J connectivity index is 2.81. The normalized spacial score (nSPS) is 9.69. The average Bonchev–Trinajstić information content (AvgIpc) is 2.14. The number of carbonyl (C=O) groups excluding carboxylic acids is 1. The number of rotatable bonds is 4. The zero-order valence-electron chi connectivity index (χ0n) is 7.91. The highest BCUT2D eigenvalue weighted by Gasteiger charge is 1.99. The summed E-state index contributed by atoms with van der Waals surface area (Å²) < 4.78 is 5.02. The van der Waals surface area contributed by atoms with Gasteiger partial charge >= 0.3 is 0 Å². The number of methoxy groups -OCH3 is 1. The molecular formula is C10H13NO2. The number of aryl methyl sites for hydroxylation is 2. The van der Waals surface area contributed by atoms with Gasteiger partial charge in [-0.15, -0.1) is 0 Å². The number of nitrogens with zero attached hydrogens (tertiary/aromatic N) is 1. The third kappa shape index (κ3) is 2.86. The smallest absolute Gasteiger partial charge is 0.213 e. The van der Waals surface area contributed by atoms with Crippen LogP contribution in [0, 0.1) is 6.92 Å². The zero-order valence-corrected chi connectivity index (χ0v) is 7.91. The molecule has 0 aromatic carbocycles. The van der Waals surface area contributed by atoms with Crippen LogP contribution in [0.1, 0.15) is 17.7 Å². The van der Waals surface area contributed by atoms with Crippen molar-refractivity contribution in [2.45, 2.75) is 19.8 Å². The van der Waals surface area contributed by atoms with E-state index < -0.39 is 0 Å². The van der Waals surface area contributed by atoms with E-state index in [-0.39, 0.29) is 0 Å². The summed E-state index contributed by atoms with van der Waals surface area (Å²) in [6.07, 6.45) is 2.22. The molecular weight excluding hydrogens is 166 g/mol. The second kappa shape index (κ2) is 4.60. The van der Waals surface area contributed by atoms with Gasteiger partial charge in [0.05, 0.1) is 7.11 Å². The van der Waals surface area contributed by atoms with E-state index in [1.165, 1.54) is 0 Å². The second-order valence-electron chi connectivity index (χ2n) is 2.86. The maximum Gasteiger partial charge on any atom is 0.213 e. The Morgan fingerprint density at radius 2 is 2.31 bits per heavy atom. The minimum atomic E-state index is 0.548. The molecule has 0 saturated heterocycles. The van der Waals surface area contributed by atoms with Crippen LogP contribution in [0.4, 0.5) is 0 Å². The molecule has 70 valence electrons. The van der Waals surface area contributed by atoms with Crippen LogP contribution in [0.3, 0.4) is 0 Å². The van der Waals surface area contributed by atoms with Crippen LogP contribution in [-0.2, 0) is 11.2 Å². The fourth-order valence-electron chi connectivity index (χ4n) is 1.18. The van der Waals surface area contributed by atoms with E-state index in [9.17, 15) is 4.79 Å². The molecule has 0 atom stereocenters. The summed E-state index contributed by atoms with van der Waals surface area (Å²) in [5.41, 5.74) is 2.01. The molecule has 0 bridgehead atoms. The molecule has 1 heterocycles. The molecule has 0 aliphatic carbocycles. The molecule has 0 aliphatic heterocycles. The van der Waals surface area contributed by atoms with Crippen LogP contribution in [0.2, 0.25) is 0 Å². The van der Waals surface area contributed by atoms with Gasteiger partial charge in [0.1, 0.15) is 6.29 Å². The summed E-state index contributed by atoms with van der Waals surface area (Å²) in [7, 11) is 1.59. The fourth-order valence-corrected chi connectivity index (χ4v) is 1.18. The number of carbonyl (C=O) groups is 1. The van der Waals surface area contributed by atoms with E-state index in [1.807, 2.05) is 19.1 Å². The molecule has 0 unspecified atom stereocenters. The summed E-state index contributed by atoms with van der Waals surface area (Å²) in [6, 6.07) is 3.82. The third-order valence-corrected chi connectivity index (χ3v) is 1.75. The summed E-state index contributed by atoms with van der Waals surface area (Å²) >= 11 is 0.